The topological polar surface area (TPSA) is 41.1 Å². The van der Waals surface area contributed by atoms with E-state index in [1.165, 1.54) is 0 Å². The lowest BCUT2D eigenvalue weighted by Crippen LogP contribution is -2.30. The van der Waals surface area contributed by atoms with Crippen molar-refractivity contribution >= 4 is 22.2 Å². The molecule has 1 atom stereocenters. The van der Waals surface area contributed by atoms with Crippen molar-refractivity contribution in [2.75, 3.05) is 18.9 Å². The van der Waals surface area contributed by atoms with Crippen molar-refractivity contribution in [1.82, 2.24) is 5.32 Å². The third-order valence-electron chi connectivity index (χ3n) is 2.08. The van der Waals surface area contributed by atoms with E-state index in [0.29, 0.717) is 0 Å². The van der Waals surface area contributed by atoms with Gasteiger partial charge in [-0.3, -0.25) is 4.79 Å². The second-order valence-electron chi connectivity index (χ2n) is 3.13. The minimum absolute atomic E-state index is 0.0575. The van der Waals surface area contributed by atoms with Gasteiger partial charge in [0.15, 0.2) is 0 Å². The fraction of sp³-hybridized carbons (Fsp3) is 0.500. The summed E-state index contributed by atoms with van der Waals surface area (Å²) in [6.45, 7) is 2.75. The van der Waals surface area contributed by atoms with Gasteiger partial charge in [-0.25, -0.2) is 0 Å². The zero-order valence-electron chi connectivity index (χ0n) is 8.54. The van der Waals surface area contributed by atoms with Crippen molar-refractivity contribution in [3.8, 4) is 0 Å². The number of rotatable bonds is 5. The highest BCUT2D eigenvalue weighted by molar-refractivity contribution is 7.14. The Balaban J connectivity index is 2.47. The quantitative estimate of drug-likeness (QED) is 0.783. The molecule has 0 radical (unpaired) electrons. The highest BCUT2D eigenvalue weighted by Gasteiger charge is 2.15. The van der Waals surface area contributed by atoms with Crippen LogP contribution in [0.25, 0.3) is 0 Å². The average molecular weight is 212 g/mol. The van der Waals surface area contributed by atoms with E-state index in [1.54, 1.807) is 11.3 Å². The van der Waals surface area contributed by atoms with Crippen LogP contribution in [0.4, 0.5) is 5.00 Å². The molecule has 3 nitrogen and oxygen atoms in total. The summed E-state index contributed by atoms with van der Waals surface area (Å²) in [4.78, 5) is 11.7. The fourth-order valence-corrected chi connectivity index (χ4v) is 1.86. The number of anilines is 1. The van der Waals surface area contributed by atoms with Crippen molar-refractivity contribution in [1.29, 1.82) is 0 Å². The van der Waals surface area contributed by atoms with Gasteiger partial charge in [-0.2, -0.15) is 0 Å². The van der Waals surface area contributed by atoms with E-state index < -0.39 is 0 Å². The molecule has 1 aromatic heterocycles. The Morgan fingerprint density at radius 1 is 1.64 bits per heavy atom. The number of carbonyl (C=O) groups excluding carboxylic acids is 1. The van der Waals surface area contributed by atoms with Gasteiger partial charge in [0.05, 0.1) is 10.9 Å². The van der Waals surface area contributed by atoms with E-state index in [-0.39, 0.29) is 11.8 Å². The largest absolute Gasteiger partial charge is 0.319 e. The fourth-order valence-electron chi connectivity index (χ4n) is 1.24. The van der Waals surface area contributed by atoms with Gasteiger partial charge in [0.1, 0.15) is 0 Å². The number of carbonyl (C=O) groups is 1. The highest BCUT2D eigenvalue weighted by Crippen LogP contribution is 2.16. The lowest BCUT2D eigenvalue weighted by molar-refractivity contribution is -0.119. The van der Waals surface area contributed by atoms with Crippen LogP contribution in [0.3, 0.4) is 0 Å². The normalized spacial score (nSPS) is 12.4. The van der Waals surface area contributed by atoms with E-state index in [4.69, 9.17) is 0 Å². The van der Waals surface area contributed by atoms with Crippen LogP contribution in [0.15, 0.2) is 17.5 Å². The number of thiophene rings is 1. The number of hydrogen-bond donors (Lipinski definition) is 2. The lowest BCUT2D eigenvalue weighted by Gasteiger charge is -2.13. The summed E-state index contributed by atoms with van der Waals surface area (Å²) in [6, 6.07) is 3.84. The summed E-state index contributed by atoms with van der Waals surface area (Å²) in [5, 5.41) is 8.79. The summed E-state index contributed by atoms with van der Waals surface area (Å²) in [5.74, 6) is 0.159. The minimum Gasteiger partial charge on any atom is -0.319 e. The summed E-state index contributed by atoms with van der Waals surface area (Å²) in [5.41, 5.74) is 0. The summed E-state index contributed by atoms with van der Waals surface area (Å²) < 4.78 is 0. The Bertz CT molecular complexity index is 272. The first-order valence-corrected chi connectivity index (χ1v) is 5.64. The van der Waals surface area contributed by atoms with Gasteiger partial charge in [0, 0.05) is 6.54 Å². The summed E-state index contributed by atoms with van der Waals surface area (Å²) in [7, 11) is 1.86. The zero-order valence-corrected chi connectivity index (χ0v) is 9.36. The third kappa shape index (κ3) is 3.12. The van der Waals surface area contributed by atoms with Crippen LogP contribution in [0.5, 0.6) is 0 Å². The molecule has 1 unspecified atom stereocenters. The predicted molar refractivity (Wildman–Crippen MR) is 60.7 cm³/mol. The molecule has 0 saturated heterocycles. The molecule has 0 aliphatic carbocycles. The molecule has 2 N–H and O–H groups in total. The Morgan fingerprint density at radius 3 is 2.93 bits per heavy atom. The minimum atomic E-state index is 0.0575. The Kier molecular flexibility index (Phi) is 4.62. The molecule has 0 aromatic carbocycles. The van der Waals surface area contributed by atoms with E-state index in [1.807, 2.05) is 31.5 Å². The molecule has 1 amide bonds. The van der Waals surface area contributed by atoms with Gasteiger partial charge in [-0.05, 0) is 31.0 Å². The standard InChI is InChI=1S/C10H16N2OS/c1-3-8(7-11-2)10(13)12-9-5-4-6-14-9/h4-6,8,11H,3,7H2,1-2H3,(H,12,13). The summed E-state index contributed by atoms with van der Waals surface area (Å²) in [6.07, 6.45) is 0.859. The molecule has 1 rings (SSSR count). The van der Waals surface area contributed by atoms with Crippen LogP contribution in [0, 0.1) is 5.92 Å². The molecule has 0 spiro atoms. The van der Waals surface area contributed by atoms with Crippen molar-refractivity contribution in [3.63, 3.8) is 0 Å². The van der Waals surface area contributed by atoms with Crippen molar-refractivity contribution < 1.29 is 4.79 Å². The van der Waals surface area contributed by atoms with Gasteiger partial charge in [0.2, 0.25) is 5.91 Å². The first-order valence-electron chi connectivity index (χ1n) is 4.77. The van der Waals surface area contributed by atoms with Crippen molar-refractivity contribution in [2.45, 2.75) is 13.3 Å². The van der Waals surface area contributed by atoms with Crippen LogP contribution in [-0.4, -0.2) is 19.5 Å². The van der Waals surface area contributed by atoms with E-state index in [2.05, 4.69) is 10.6 Å². The SMILES string of the molecule is CCC(CNC)C(=O)Nc1cccs1. The number of hydrogen-bond acceptors (Lipinski definition) is 3. The second kappa shape index (κ2) is 5.78. The van der Waals surface area contributed by atoms with Crippen LogP contribution >= 0.6 is 11.3 Å². The molecule has 4 heteroatoms. The van der Waals surface area contributed by atoms with Gasteiger partial charge in [0.25, 0.3) is 0 Å². The molecule has 1 heterocycles. The molecule has 0 aliphatic rings. The predicted octanol–water partition coefficient (Wildman–Crippen LogP) is 1.93. The second-order valence-corrected chi connectivity index (χ2v) is 4.08. The van der Waals surface area contributed by atoms with Crippen LogP contribution in [0.2, 0.25) is 0 Å². The first kappa shape index (κ1) is 11.2. The number of amides is 1. The molecule has 0 bridgehead atoms. The zero-order chi connectivity index (χ0) is 10.4. The molecule has 14 heavy (non-hydrogen) atoms. The molecule has 78 valence electrons. The first-order chi connectivity index (χ1) is 6.77. The molecular formula is C10H16N2OS. The van der Waals surface area contributed by atoms with Crippen LogP contribution < -0.4 is 10.6 Å². The van der Waals surface area contributed by atoms with E-state index in [9.17, 15) is 4.79 Å². The van der Waals surface area contributed by atoms with Crippen LogP contribution in [-0.2, 0) is 4.79 Å². The van der Waals surface area contributed by atoms with Crippen molar-refractivity contribution in [2.24, 2.45) is 5.92 Å². The van der Waals surface area contributed by atoms with Gasteiger partial charge in [-0.15, -0.1) is 11.3 Å². The van der Waals surface area contributed by atoms with E-state index >= 15 is 0 Å². The third-order valence-corrected chi connectivity index (χ3v) is 2.87. The average Bonchev–Trinajstić information content (AvgIpc) is 2.66. The van der Waals surface area contributed by atoms with E-state index in [0.717, 1.165) is 18.0 Å². The Hall–Kier alpha value is -0.870. The molecule has 0 aliphatic heterocycles. The summed E-state index contributed by atoms with van der Waals surface area (Å²) >= 11 is 1.54. The monoisotopic (exact) mass is 212 g/mol. The maximum Gasteiger partial charge on any atom is 0.229 e. The van der Waals surface area contributed by atoms with Crippen molar-refractivity contribution in [3.05, 3.63) is 17.5 Å². The highest BCUT2D eigenvalue weighted by atomic mass is 32.1. The number of nitrogens with one attached hydrogen (secondary N) is 2. The molecule has 0 fully saturated rings. The molecule has 0 saturated carbocycles. The van der Waals surface area contributed by atoms with Gasteiger partial charge in [-0.1, -0.05) is 6.92 Å². The van der Waals surface area contributed by atoms with Gasteiger partial charge < -0.3 is 10.6 Å². The maximum absolute atomic E-state index is 11.7. The Labute approximate surface area is 88.5 Å². The maximum atomic E-state index is 11.7. The molecule has 1 aromatic rings. The lowest BCUT2D eigenvalue weighted by atomic mass is 10.1. The Morgan fingerprint density at radius 2 is 2.43 bits per heavy atom. The van der Waals surface area contributed by atoms with Gasteiger partial charge >= 0.3 is 0 Å². The van der Waals surface area contributed by atoms with Crippen LogP contribution in [0.1, 0.15) is 13.3 Å². The molecular weight excluding hydrogens is 196 g/mol. The smallest absolute Gasteiger partial charge is 0.229 e.